The Balaban J connectivity index is 1.73. The summed E-state index contributed by atoms with van der Waals surface area (Å²) in [5, 5.41) is 8.01. The molecule has 2 unspecified atom stereocenters. The molecule has 0 saturated carbocycles. The van der Waals surface area contributed by atoms with E-state index in [1.807, 2.05) is 23.1 Å². The molecule has 2 heterocycles. The Morgan fingerprint density at radius 3 is 2.63 bits per heavy atom. The predicted octanol–water partition coefficient (Wildman–Crippen LogP) is 1.98. The molecule has 4 nitrogen and oxygen atoms in total. The molecule has 1 aliphatic heterocycles. The van der Waals surface area contributed by atoms with E-state index in [-0.39, 0.29) is 0 Å². The zero-order chi connectivity index (χ0) is 13.7. The first-order valence-electron chi connectivity index (χ1n) is 7.65. The van der Waals surface area contributed by atoms with Crippen LogP contribution in [-0.4, -0.2) is 46.4 Å². The van der Waals surface area contributed by atoms with Gasteiger partial charge in [-0.1, -0.05) is 6.92 Å². The normalized spacial score (nSPS) is 21.4. The smallest absolute Gasteiger partial charge is 0.0560 e. The lowest BCUT2D eigenvalue weighted by Gasteiger charge is -2.35. The fraction of sp³-hybridized carbons (Fsp3) is 0.800. The molecule has 2 rings (SSSR count). The van der Waals surface area contributed by atoms with E-state index in [4.69, 9.17) is 0 Å². The molecule has 2 atom stereocenters. The first kappa shape index (κ1) is 14.5. The lowest BCUT2D eigenvalue weighted by Crippen LogP contribution is -2.45. The SMILES string of the molecule is CCN1CCC(C(C)NC(C)Cn2cccn2)CC1. The summed E-state index contributed by atoms with van der Waals surface area (Å²) in [6.45, 7) is 11.5. The second kappa shape index (κ2) is 7.06. The molecule has 1 saturated heterocycles. The second-order valence-corrected chi connectivity index (χ2v) is 5.86. The number of hydrogen-bond donors (Lipinski definition) is 1. The Bertz CT molecular complexity index is 341. The van der Waals surface area contributed by atoms with Crippen molar-refractivity contribution in [3.05, 3.63) is 18.5 Å². The summed E-state index contributed by atoms with van der Waals surface area (Å²) in [6.07, 6.45) is 6.53. The average molecular weight is 264 g/mol. The molecule has 0 amide bonds. The highest BCUT2D eigenvalue weighted by molar-refractivity contribution is 4.82. The largest absolute Gasteiger partial charge is 0.310 e. The van der Waals surface area contributed by atoms with Gasteiger partial charge in [-0.2, -0.15) is 5.10 Å². The maximum absolute atomic E-state index is 4.27. The summed E-state index contributed by atoms with van der Waals surface area (Å²) in [5.74, 6) is 0.822. The van der Waals surface area contributed by atoms with E-state index in [0.29, 0.717) is 12.1 Å². The molecule has 1 N–H and O–H groups in total. The molecule has 0 bridgehead atoms. The maximum Gasteiger partial charge on any atom is 0.0560 e. The second-order valence-electron chi connectivity index (χ2n) is 5.86. The fourth-order valence-electron chi connectivity index (χ4n) is 3.10. The number of hydrogen-bond acceptors (Lipinski definition) is 3. The first-order chi connectivity index (χ1) is 9.19. The van der Waals surface area contributed by atoms with Crippen LogP contribution in [0.1, 0.15) is 33.6 Å². The number of aromatic nitrogens is 2. The summed E-state index contributed by atoms with van der Waals surface area (Å²) in [6, 6.07) is 3.06. The summed E-state index contributed by atoms with van der Waals surface area (Å²) in [4.78, 5) is 2.55. The van der Waals surface area contributed by atoms with E-state index in [0.717, 1.165) is 12.5 Å². The van der Waals surface area contributed by atoms with Crippen molar-refractivity contribution < 1.29 is 0 Å². The van der Waals surface area contributed by atoms with Gasteiger partial charge in [0.25, 0.3) is 0 Å². The van der Waals surface area contributed by atoms with Crippen molar-refractivity contribution in [3.8, 4) is 0 Å². The summed E-state index contributed by atoms with van der Waals surface area (Å²) < 4.78 is 2.00. The molecule has 1 fully saturated rings. The van der Waals surface area contributed by atoms with E-state index in [9.17, 15) is 0 Å². The van der Waals surface area contributed by atoms with E-state index in [1.54, 1.807) is 0 Å². The number of rotatable bonds is 6. The van der Waals surface area contributed by atoms with Crippen LogP contribution in [0.5, 0.6) is 0 Å². The van der Waals surface area contributed by atoms with Gasteiger partial charge in [0.1, 0.15) is 0 Å². The van der Waals surface area contributed by atoms with Crippen LogP contribution in [0.2, 0.25) is 0 Å². The van der Waals surface area contributed by atoms with Crippen molar-refractivity contribution in [2.24, 2.45) is 5.92 Å². The number of nitrogens with one attached hydrogen (secondary N) is 1. The van der Waals surface area contributed by atoms with Gasteiger partial charge >= 0.3 is 0 Å². The molecule has 1 aromatic rings. The van der Waals surface area contributed by atoms with Crippen LogP contribution in [0.3, 0.4) is 0 Å². The Labute approximate surface area is 117 Å². The van der Waals surface area contributed by atoms with E-state index >= 15 is 0 Å². The Morgan fingerprint density at radius 2 is 2.05 bits per heavy atom. The first-order valence-corrected chi connectivity index (χ1v) is 7.65. The van der Waals surface area contributed by atoms with Gasteiger partial charge in [-0.3, -0.25) is 4.68 Å². The highest BCUT2D eigenvalue weighted by atomic mass is 15.3. The standard InChI is InChI=1S/C15H28N4/c1-4-18-10-6-15(7-11-18)14(3)17-13(2)12-19-9-5-8-16-19/h5,8-9,13-15,17H,4,6-7,10-12H2,1-3H3. The summed E-state index contributed by atoms with van der Waals surface area (Å²) in [5.41, 5.74) is 0. The van der Waals surface area contributed by atoms with Crippen LogP contribution >= 0.6 is 0 Å². The topological polar surface area (TPSA) is 33.1 Å². The maximum atomic E-state index is 4.27. The third kappa shape index (κ3) is 4.32. The molecular formula is C15H28N4. The van der Waals surface area contributed by atoms with Gasteiger partial charge in [-0.15, -0.1) is 0 Å². The lowest BCUT2D eigenvalue weighted by atomic mass is 9.90. The van der Waals surface area contributed by atoms with Crippen molar-refractivity contribution >= 4 is 0 Å². The van der Waals surface area contributed by atoms with Gasteiger partial charge in [0, 0.05) is 24.5 Å². The molecule has 0 aliphatic carbocycles. The van der Waals surface area contributed by atoms with Crippen molar-refractivity contribution in [2.75, 3.05) is 19.6 Å². The van der Waals surface area contributed by atoms with Crippen LogP contribution < -0.4 is 5.32 Å². The molecule has 108 valence electrons. The molecule has 1 aromatic heterocycles. The van der Waals surface area contributed by atoms with Crippen LogP contribution in [-0.2, 0) is 6.54 Å². The van der Waals surface area contributed by atoms with Gasteiger partial charge in [-0.25, -0.2) is 0 Å². The van der Waals surface area contributed by atoms with Crippen LogP contribution in [0.25, 0.3) is 0 Å². The zero-order valence-electron chi connectivity index (χ0n) is 12.5. The molecule has 0 radical (unpaired) electrons. The van der Waals surface area contributed by atoms with Crippen LogP contribution in [0.4, 0.5) is 0 Å². The minimum atomic E-state index is 0.471. The van der Waals surface area contributed by atoms with Crippen molar-refractivity contribution in [1.82, 2.24) is 20.0 Å². The van der Waals surface area contributed by atoms with E-state index in [1.165, 1.54) is 32.5 Å². The minimum absolute atomic E-state index is 0.471. The van der Waals surface area contributed by atoms with Gasteiger partial charge in [-0.05, 0) is 58.3 Å². The minimum Gasteiger partial charge on any atom is -0.310 e. The van der Waals surface area contributed by atoms with E-state index in [2.05, 4.69) is 36.1 Å². The number of piperidine rings is 1. The van der Waals surface area contributed by atoms with Crippen molar-refractivity contribution in [3.63, 3.8) is 0 Å². The predicted molar refractivity (Wildman–Crippen MR) is 79.1 cm³/mol. The lowest BCUT2D eigenvalue weighted by molar-refractivity contribution is 0.163. The van der Waals surface area contributed by atoms with Crippen molar-refractivity contribution in [2.45, 2.75) is 52.2 Å². The number of nitrogens with zero attached hydrogens (tertiary/aromatic N) is 3. The van der Waals surface area contributed by atoms with Gasteiger partial charge in [0.2, 0.25) is 0 Å². The van der Waals surface area contributed by atoms with Gasteiger partial charge in [0.15, 0.2) is 0 Å². The molecule has 0 aromatic carbocycles. The Kier molecular flexibility index (Phi) is 5.40. The van der Waals surface area contributed by atoms with Gasteiger partial charge < -0.3 is 10.2 Å². The van der Waals surface area contributed by atoms with Gasteiger partial charge in [0.05, 0.1) is 6.54 Å². The fourth-order valence-corrected chi connectivity index (χ4v) is 3.10. The zero-order valence-corrected chi connectivity index (χ0v) is 12.5. The molecular weight excluding hydrogens is 236 g/mol. The quantitative estimate of drug-likeness (QED) is 0.853. The molecule has 4 heteroatoms. The Morgan fingerprint density at radius 1 is 1.32 bits per heavy atom. The highest BCUT2D eigenvalue weighted by Crippen LogP contribution is 2.20. The molecule has 19 heavy (non-hydrogen) atoms. The monoisotopic (exact) mass is 264 g/mol. The third-order valence-corrected chi connectivity index (χ3v) is 4.35. The third-order valence-electron chi connectivity index (χ3n) is 4.35. The summed E-state index contributed by atoms with van der Waals surface area (Å²) >= 11 is 0. The van der Waals surface area contributed by atoms with E-state index < -0.39 is 0 Å². The van der Waals surface area contributed by atoms with Crippen LogP contribution in [0.15, 0.2) is 18.5 Å². The molecule has 0 spiro atoms. The summed E-state index contributed by atoms with van der Waals surface area (Å²) in [7, 11) is 0. The van der Waals surface area contributed by atoms with Crippen LogP contribution in [0, 0.1) is 5.92 Å². The van der Waals surface area contributed by atoms with Crippen molar-refractivity contribution in [1.29, 1.82) is 0 Å². The number of likely N-dealkylation sites (tertiary alicyclic amines) is 1. The average Bonchev–Trinajstić information content (AvgIpc) is 2.91. The highest BCUT2D eigenvalue weighted by Gasteiger charge is 2.23. The molecule has 1 aliphatic rings. The Hall–Kier alpha value is -0.870.